The zero-order valence-electron chi connectivity index (χ0n) is 33.8. The molecule has 0 saturated heterocycles. The van der Waals surface area contributed by atoms with E-state index < -0.39 is 6.10 Å². The van der Waals surface area contributed by atoms with E-state index in [0.29, 0.717) is 24.1 Å². The van der Waals surface area contributed by atoms with Gasteiger partial charge in [0, 0.05) is 6.42 Å². The van der Waals surface area contributed by atoms with Gasteiger partial charge in [0.2, 0.25) is 0 Å². The summed E-state index contributed by atoms with van der Waals surface area (Å²) in [6.45, 7) is 5.65. The molecular weight excluding hydrogens is 630 g/mol. The predicted molar refractivity (Wildman–Crippen MR) is 207 cm³/mol. The zero-order valence-corrected chi connectivity index (χ0v) is 34.5. The lowest BCUT2D eigenvalue weighted by atomic mass is 10.0. The molecule has 1 unspecified atom stereocenters. The maximum absolute atomic E-state index is 12.6. The van der Waals surface area contributed by atoms with Gasteiger partial charge in [-0.1, -0.05) is 200 Å². The second-order valence-electron chi connectivity index (χ2n) is 16.0. The van der Waals surface area contributed by atoms with E-state index in [-0.39, 0.29) is 30.8 Å². The summed E-state index contributed by atoms with van der Waals surface area (Å²) in [6, 6.07) is 0. The Labute approximate surface area is 313 Å². The maximum Gasteiger partial charge on any atom is 0.309 e. The third kappa shape index (κ3) is 41.5. The first kappa shape index (κ1) is 50.3. The molecule has 6 heteroatoms. The smallest absolute Gasteiger partial charge is 0.309 e. The fraction of sp³-hybridized carbons (Fsp3) is 0.953. The molecule has 0 amide bonds. The Morgan fingerprint density at radius 3 is 1.08 bits per heavy atom. The number of quaternary nitrogens is 1. The lowest BCUT2D eigenvalue weighted by Gasteiger charge is -2.28. The number of halogens is 1. The quantitative estimate of drug-likeness (QED) is 0.0363. The van der Waals surface area contributed by atoms with Crippen LogP contribution in [-0.4, -0.2) is 56.8 Å². The normalized spacial score (nSPS) is 12.1. The Morgan fingerprint density at radius 2 is 0.755 bits per heavy atom. The van der Waals surface area contributed by atoms with E-state index in [9.17, 15) is 9.59 Å². The number of nitrogens with zero attached hydrogens (tertiary/aromatic N) is 1. The van der Waals surface area contributed by atoms with Gasteiger partial charge in [0.25, 0.3) is 0 Å². The molecule has 0 aliphatic carbocycles. The number of carbonyl (C=O) groups excluding carboxylic acids is 2. The van der Waals surface area contributed by atoms with Crippen molar-refractivity contribution < 1.29 is 36.0 Å². The molecule has 0 bridgehead atoms. The fourth-order valence-electron chi connectivity index (χ4n) is 6.72. The Bertz CT molecular complexity index is 696. The number of carbonyl (C=O) groups is 2. The van der Waals surface area contributed by atoms with Gasteiger partial charge in [-0.3, -0.25) is 9.59 Å². The highest BCUT2D eigenvalue weighted by Crippen LogP contribution is 2.16. The molecule has 1 atom stereocenters. The third-order valence-corrected chi connectivity index (χ3v) is 9.69. The van der Waals surface area contributed by atoms with Gasteiger partial charge in [-0.25, -0.2) is 0 Å². The molecule has 0 rings (SSSR count). The first-order valence-electron chi connectivity index (χ1n) is 21.4. The van der Waals surface area contributed by atoms with Crippen molar-refractivity contribution >= 4 is 11.9 Å². The van der Waals surface area contributed by atoms with E-state index >= 15 is 0 Å². The van der Waals surface area contributed by atoms with Gasteiger partial charge >= 0.3 is 11.9 Å². The molecule has 0 N–H and O–H groups in total. The average molecular weight is 717 g/mol. The van der Waals surface area contributed by atoms with Crippen molar-refractivity contribution in [2.24, 2.45) is 0 Å². The van der Waals surface area contributed by atoms with Crippen LogP contribution in [0.5, 0.6) is 0 Å². The van der Waals surface area contributed by atoms with Crippen molar-refractivity contribution in [3.05, 3.63) is 0 Å². The van der Waals surface area contributed by atoms with Crippen molar-refractivity contribution in [1.29, 1.82) is 0 Å². The average Bonchev–Trinajstić information content (AvgIpc) is 3.03. The summed E-state index contributed by atoms with van der Waals surface area (Å²) >= 11 is 0. The Hall–Kier alpha value is -0.810. The first-order chi connectivity index (χ1) is 23.3. The van der Waals surface area contributed by atoms with Gasteiger partial charge in [-0.15, -0.1) is 0 Å². The van der Waals surface area contributed by atoms with E-state index in [4.69, 9.17) is 9.47 Å². The molecule has 0 aromatic heterocycles. The van der Waals surface area contributed by atoms with Crippen molar-refractivity contribution in [3.63, 3.8) is 0 Å². The predicted octanol–water partition coefficient (Wildman–Crippen LogP) is 10.1. The summed E-state index contributed by atoms with van der Waals surface area (Å²) in [5, 5.41) is 0. The summed E-state index contributed by atoms with van der Waals surface area (Å²) in [6.07, 6.45) is 41.1. The van der Waals surface area contributed by atoms with Crippen LogP contribution in [0, 0.1) is 0 Å². The minimum Gasteiger partial charge on any atom is -1.00 e. The minimum absolute atomic E-state index is 0. The largest absolute Gasteiger partial charge is 1.00 e. The van der Waals surface area contributed by atoms with Crippen LogP contribution >= 0.6 is 0 Å². The van der Waals surface area contributed by atoms with Crippen LogP contribution in [0.15, 0.2) is 0 Å². The number of unbranched alkanes of at least 4 members (excludes halogenated alkanes) is 29. The molecule has 0 aliphatic rings. The minimum atomic E-state index is -0.424. The molecule has 0 radical (unpaired) electrons. The van der Waals surface area contributed by atoms with Crippen molar-refractivity contribution in [1.82, 2.24) is 0 Å². The van der Waals surface area contributed by atoms with Crippen molar-refractivity contribution in [3.8, 4) is 0 Å². The van der Waals surface area contributed by atoms with Gasteiger partial charge in [-0.05, 0) is 12.8 Å². The first-order valence-corrected chi connectivity index (χ1v) is 21.4. The molecule has 0 aromatic carbocycles. The van der Waals surface area contributed by atoms with E-state index in [1.54, 1.807) is 0 Å². The number of esters is 2. The lowest BCUT2D eigenvalue weighted by Crippen LogP contribution is -3.00. The maximum atomic E-state index is 12.6. The summed E-state index contributed by atoms with van der Waals surface area (Å²) in [4.78, 5) is 25.2. The summed E-state index contributed by atoms with van der Waals surface area (Å²) in [5.41, 5.74) is 0. The van der Waals surface area contributed by atoms with Gasteiger partial charge in [-0.2, -0.15) is 0 Å². The second kappa shape index (κ2) is 38.4. The second-order valence-corrected chi connectivity index (χ2v) is 16.0. The van der Waals surface area contributed by atoms with E-state index in [1.807, 2.05) is 0 Å². The van der Waals surface area contributed by atoms with Crippen LogP contribution in [0.3, 0.4) is 0 Å². The third-order valence-electron chi connectivity index (χ3n) is 9.69. The summed E-state index contributed by atoms with van der Waals surface area (Å²) in [5.74, 6) is -0.414. The van der Waals surface area contributed by atoms with Crippen LogP contribution in [0.1, 0.15) is 226 Å². The van der Waals surface area contributed by atoms with Crippen LogP contribution in [0.4, 0.5) is 0 Å². The summed E-state index contributed by atoms with van der Waals surface area (Å²) in [7, 11) is 6.20. The Morgan fingerprint density at radius 1 is 0.449 bits per heavy atom. The van der Waals surface area contributed by atoms with Gasteiger partial charge in [0.1, 0.15) is 6.54 Å². The number of hydrogen-bond acceptors (Lipinski definition) is 4. The van der Waals surface area contributed by atoms with Crippen LogP contribution in [-0.2, 0) is 19.1 Å². The van der Waals surface area contributed by atoms with E-state index in [1.165, 1.54) is 173 Å². The zero-order chi connectivity index (χ0) is 35.4. The number of hydrogen-bond donors (Lipinski definition) is 0. The molecule has 0 aromatic rings. The Balaban J connectivity index is 0. The topological polar surface area (TPSA) is 52.6 Å². The lowest BCUT2D eigenvalue weighted by molar-refractivity contribution is -0.873. The van der Waals surface area contributed by atoms with Gasteiger partial charge in [0.15, 0.2) is 6.10 Å². The van der Waals surface area contributed by atoms with Gasteiger partial charge < -0.3 is 26.4 Å². The molecule has 5 nitrogen and oxygen atoms in total. The molecule has 0 heterocycles. The van der Waals surface area contributed by atoms with Crippen LogP contribution in [0.25, 0.3) is 0 Å². The monoisotopic (exact) mass is 716 g/mol. The molecule has 0 spiro atoms. The van der Waals surface area contributed by atoms with Crippen LogP contribution < -0.4 is 12.4 Å². The molecule has 0 fully saturated rings. The molecular formula is C43H86ClNO4. The SMILES string of the molecule is CCCCCCCCCCCCCCCCCCOC(=O)CC(C[N+](C)(C)C)OC(=O)CCCCCCCCCCCCCCCCC.[Cl-]. The highest BCUT2D eigenvalue weighted by atomic mass is 35.5. The van der Waals surface area contributed by atoms with Crippen LogP contribution in [0.2, 0.25) is 0 Å². The van der Waals surface area contributed by atoms with E-state index in [0.717, 1.165) is 25.7 Å². The Kier molecular flexibility index (Phi) is 39.4. The molecule has 49 heavy (non-hydrogen) atoms. The highest BCUT2D eigenvalue weighted by Gasteiger charge is 2.25. The fourth-order valence-corrected chi connectivity index (χ4v) is 6.72. The number of ether oxygens (including phenoxy) is 2. The van der Waals surface area contributed by atoms with Gasteiger partial charge in [0.05, 0.1) is 34.2 Å². The van der Waals surface area contributed by atoms with E-state index in [2.05, 4.69) is 35.0 Å². The molecule has 294 valence electrons. The highest BCUT2D eigenvalue weighted by molar-refractivity contribution is 5.72. The summed E-state index contributed by atoms with van der Waals surface area (Å²) < 4.78 is 12.0. The van der Waals surface area contributed by atoms with Crippen molar-refractivity contribution in [2.75, 3.05) is 34.3 Å². The molecule has 0 aliphatic heterocycles. The standard InChI is InChI=1S/C43H86NO4.ClH/c1-6-8-10-12-14-16-18-20-22-24-26-28-30-32-34-36-38-47-43(46)39-41(40-44(3,4)5)48-42(45)37-35-33-31-29-27-25-23-21-19-17-15-13-11-9-7-2;/h41H,6-40H2,1-5H3;1H/q+1;/p-1. The molecule has 0 saturated carbocycles. The van der Waals surface area contributed by atoms with Crippen molar-refractivity contribution in [2.45, 2.75) is 232 Å². The number of likely N-dealkylation sites (N-methyl/N-ethyl adjacent to an activating group) is 1. The number of rotatable bonds is 38.